The van der Waals surface area contributed by atoms with E-state index in [1.807, 2.05) is 18.2 Å². The molecule has 0 radical (unpaired) electrons. The van der Waals surface area contributed by atoms with Gasteiger partial charge in [-0.25, -0.2) is 0 Å². The number of primary amides is 1. The van der Waals surface area contributed by atoms with Crippen LogP contribution < -0.4 is 24.7 Å². The number of methoxy groups -OCH3 is 1. The summed E-state index contributed by atoms with van der Waals surface area (Å²) >= 11 is 0. The van der Waals surface area contributed by atoms with Gasteiger partial charge in [-0.3, -0.25) is 9.59 Å². The number of rotatable bonds is 8. The second kappa shape index (κ2) is 9.01. The van der Waals surface area contributed by atoms with E-state index in [1.165, 1.54) is 13.2 Å². The maximum atomic E-state index is 12.4. The normalized spacial score (nSPS) is 12.1. The molecule has 3 rings (SSSR count). The predicted octanol–water partition coefficient (Wildman–Crippen LogP) is 1.96. The fourth-order valence-corrected chi connectivity index (χ4v) is 2.74. The van der Waals surface area contributed by atoms with E-state index in [2.05, 4.69) is 0 Å². The molecule has 2 N–H and O–H groups in total. The average molecular weight is 398 g/mol. The Balaban J connectivity index is 1.62. The van der Waals surface area contributed by atoms with Crippen molar-refractivity contribution in [3.05, 3.63) is 53.6 Å². The molecule has 8 heteroatoms. The van der Waals surface area contributed by atoms with Crippen LogP contribution in [0.25, 0.3) is 6.08 Å². The lowest BCUT2D eigenvalue weighted by atomic mass is 10.1. The van der Waals surface area contributed by atoms with Crippen molar-refractivity contribution in [2.45, 2.75) is 6.54 Å². The molecule has 1 aliphatic rings. The highest BCUT2D eigenvalue weighted by atomic mass is 16.7. The zero-order valence-electron chi connectivity index (χ0n) is 16.2. The van der Waals surface area contributed by atoms with Crippen molar-refractivity contribution in [1.29, 1.82) is 0 Å². The van der Waals surface area contributed by atoms with Crippen LogP contribution in [0.3, 0.4) is 0 Å². The van der Waals surface area contributed by atoms with Crippen molar-refractivity contribution in [3.8, 4) is 23.0 Å². The Morgan fingerprint density at radius 2 is 1.93 bits per heavy atom. The quantitative estimate of drug-likeness (QED) is 0.683. The maximum Gasteiger partial charge on any atom is 0.255 e. The van der Waals surface area contributed by atoms with Gasteiger partial charge in [0, 0.05) is 19.7 Å². The number of hydrogen-bond donors (Lipinski definition) is 1. The molecule has 29 heavy (non-hydrogen) atoms. The minimum absolute atomic E-state index is 0.157. The molecular formula is C21H22N2O6. The van der Waals surface area contributed by atoms with Crippen molar-refractivity contribution in [2.75, 3.05) is 27.6 Å². The molecule has 0 bridgehead atoms. The molecule has 8 nitrogen and oxygen atoms in total. The molecule has 0 saturated heterocycles. The first kappa shape index (κ1) is 20.1. The van der Waals surface area contributed by atoms with E-state index in [1.54, 1.807) is 36.2 Å². The standard InChI is InChI=1S/C21H22N2O6/c1-23(11-15-4-7-17-19(10-15)29-13-28-17)21(25)8-5-14-3-6-16(18(9-14)26-2)27-12-20(22)24/h3-10H,11-13H2,1-2H3,(H2,22,24). The Hall–Kier alpha value is -3.68. The number of nitrogens with two attached hydrogens (primary N) is 1. The highest BCUT2D eigenvalue weighted by Crippen LogP contribution is 2.33. The average Bonchev–Trinajstić information content (AvgIpc) is 3.18. The summed E-state index contributed by atoms with van der Waals surface area (Å²) in [6.07, 6.45) is 3.16. The van der Waals surface area contributed by atoms with Gasteiger partial charge in [0.15, 0.2) is 29.6 Å². The molecule has 1 heterocycles. The summed E-state index contributed by atoms with van der Waals surface area (Å²) in [4.78, 5) is 24.9. The van der Waals surface area contributed by atoms with Gasteiger partial charge in [0.25, 0.3) is 5.91 Å². The second-order valence-electron chi connectivity index (χ2n) is 6.38. The zero-order valence-corrected chi connectivity index (χ0v) is 16.2. The molecule has 0 saturated carbocycles. The van der Waals surface area contributed by atoms with Gasteiger partial charge in [0.2, 0.25) is 12.7 Å². The van der Waals surface area contributed by atoms with Crippen LogP contribution in [0, 0.1) is 0 Å². The van der Waals surface area contributed by atoms with Crippen LogP contribution in [0.1, 0.15) is 11.1 Å². The fourth-order valence-electron chi connectivity index (χ4n) is 2.74. The number of carbonyl (C=O) groups excluding carboxylic acids is 2. The Bertz CT molecular complexity index is 941. The van der Waals surface area contributed by atoms with Crippen molar-refractivity contribution >= 4 is 17.9 Å². The van der Waals surface area contributed by atoms with Gasteiger partial charge in [-0.15, -0.1) is 0 Å². The van der Waals surface area contributed by atoms with E-state index in [0.717, 1.165) is 11.1 Å². The molecule has 1 aliphatic heterocycles. The Morgan fingerprint density at radius 3 is 2.69 bits per heavy atom. The lowest BCUT2D eigenvalue weighted by Crippen LogP contribution is -2.24. The summed E-state index contributed by atoms with van der Waals surface area (Å²) in [5.74, 6) is 1.50. The third-order valence-corrected chi connectivity index (χ3v) is 4.21. The number of benzene rings is 2. The van der Waals surface area contributed by atoms with Gasteiger partial charge >= 0.3 is 0 Å². The van der Waals surface area contributed by atoms with Gasteiger partial charge in [-0.05, 0) is 41.5 Å². The van der Waals surface area contributed by atoms with Gasteiger partial charge < -0.3 is 29.6 Å². The number of nitrogens with zero attached hydrogens (tertiary/aromatic N) is 1. The number of fused-ring (bicyclic) bond motifs is 1. The van der Waals surface area contributed by atoms with Crippen molar-refractivity contribution in [3.63, 3.8) is 0 Å². The minimum atomic E-state index is -0.577. The van der Waals surface area contributed by atoms with Crippen LogP contribution in [0.5, 0.6) is 23.0 Å². The zero-order chi connectivity index (χ0) is 20.8. The number of amides is 2. The van der Waals surface area contributed by atoms with E-state index in [9.17, 15) is 9.59 Å². The number of hydrogen-bond acceptors (Lipinski definition) is 6. The molecule has 0 aliphatic carbocycles. The Labute approximate surface area is 168 Å². The van der Waals surface area contributed by atoms with Crippen LogP contribution in [-0.4, -0.2) is 44.3 Å². The Kier molecular flexibility index (Phi) is 6.23. The number of ether oxygens (including phenoxy) is 4. The minimum Gasteiger partial charge on any atom is -0.493 e. The highest BCUT2D eigenvalue weighted by Gasteiger charge is 2.14. The van der Waals surface area contributed by atoms with Crippen molar-refractivity contribution in [2.24, 2.45) is 5.73 Å². The Morgan fingerprint density at radius 1 is 1.14 bits per heavy atom. The van der Waals surface area contributed by atoms with Gasteiger partial charge in [0.1, 0.15) is 0 Å². The van der Waals surface area contributed by atoms with Gasteiger partial charge in [0.05, 0.1) is 7.11 Å². The van der Waals surface area contributed by atoms with Crippen LogP contribution in [0.15, 0.2) is 42.5 Å². The second-order valence-corrected chi connectivity index (χ2v) is 6.38. The van der Waals surface area contributed by atoms with E-state index in [-0.39, 0.29) is 19.3 Å². The summed E-state index contributed by atoms with van der Waals surface area (Å²) in [6, 6.07) is 10.7. The molecule has 0 aromatic heterocycles. The molecule has 0 atom stereocenters. The van der Waals surface area contributed by atoms with Gasteiger partial charge in [-0.2, -0.15) is 0 Å². The summed E-state index contributed by atoms with van der Waals surface area (Å²) in [5, 5.41) is 0. The smallest absolute Gasteiger partial charge is 0.255 e. The summed E-state index contributed by atoms with van der Waals surface area (Å²) < 4.78 is 21.2. The van der Waals surface area contributed by atoms with Crippen molar-refractivity contribution in [1.82, 2.24) is 4.90 Å². The molecule has 2 aromatic rings. The number of likely N-dealkylation sites (N-methyl/N-ethyl adjacent to an activating group) is 1. The summed E-state index contributed by atoms with van der Waals surface area (Å²) in [5.41, 5.74) is 6.77. The number of carbonyl (C=O) groups is 2. The first-order valence-corrected chi connectivity index (χ1v) is 8.87. The van der Waals surface area contributed by atoms with Crippen LogP contribution in [0.4, 0.5) is 0 Å². The highest BCUT2D eigenvalue weighted by molar-refractivity contribution is 5.91. The fraction of sp³-hybridized carbons (Fsp3) is 0.238. The summed E-state index contributed by atoms with van der Waals surface area (Å²) in [6.45, 7) is 0.407. The largest absolute Gasteiger partial charge is 0.493 e. The van der Waals surface area contributed by atoms with Crippen molar-refractivity contribution < 1.29 is 28.5 Å². The molecule has 2 amide bonds. The molecule has 0 spiro atoms. The third kappa shape index (κ3) is 5.19. The molecule has 0 unspecified atom stereocenters. The monoisotopic (exact) mass is 398 g/mol. The predicted molar refractivity (Wildman–Crippen MR) is 106 cm³/mol. The molecule has 0 fully saturated rings. The molecule has 152 valence electrons. The summed E-state index contributed by atoms with van der Waals surface area (Å²) in [7, 11) is 3.21. The van der Waals surface area contributed by atoms with Crippen LogP contribution >= 0.6 is 0 Å². The SMILES string of the molecule is COc1cc(C=CC(=O)N(C)Cc2ccc3c(c2)OCO3)ccc1OCC(N)=O. The first-order chi connectivity index (χ1) is 14.0. The topological polar surface area (TPSA) is 100 Å². The lowest BCUT2D eigenvalue weighted by molar-refractivity contribution is -0.125. The van der Waals surface area contributed by atoms with Crippen LogP contribution in [0.2, 0.25) is 0 Å². The third-order valence-electron chi connectivity index (χ3n) is 4.21. The molecule has 2 aromatic carbocycles. The van der Waals surface area contributed by atoms with Gasteiger partial charge in [-0.1, -0.05) is 12.1 Å². The lowest BCUT2D eigenvalue weighted by Gasteiger charge is -2.15. The van der Waals surface area contributed by atoms with E-state index < -0.39 is 5.91 Å². The van der Waals surface area contributed by atoms with E-state index in [4.69, 9.17) is 24.7 Å². The molecular weight excluding hydrogens is 376 g/mol. The maximum absolute atomic E-state index is 12.4. The first-order valence-electron chi connectivity index (χ1n) is 8.87. The van der Waals surface area contributed by atoms with E-state index >= 15 is 0 Å². The van der Waals surface area contributed by atoms with E-state index in [0.29, 0.717) is 29.5 Å². The van der Waals surface area contributed by atoms with Crippen LogP contribution in [-0.2, 0) is 16.1 Å².